The predicted molar refractivity (Wildman–Crippen MR) is 74.6 cm³/mol. The van der Waals surface area contributed by atoms with Crippen molar-refractivity contribution in [2.45, 2.75) is 6.42 Å². The van der Waals surface area contributed by atoms with Crippen molar-refractivity contribution in [2.24, 2.45) is 0 Å². The second kappa shape index (κ2) is 11.7. The molecule has 19 heavy (non-hydrogen) atoms. The number of carbonyl (C=O) groups excluding carboxylic acids is 2. The third-order valence-corrected chi connectivity index (χ3v) is 2.09. The maximum absolute atomic E-state index is 8.35. The summed E-state index contributed by atoms with van der Waals surface area (Å²) in [6.07, 6.45) is 2.53. The number of rotatable bonds is 2. The molecule has 0 atom stereocenters. The van der Waals surface area contributed by atoms with E-state index in [1.165, 1.54) is 11.1 Å². The smallest absolute Gasteiger partial charge is 0.222 e. The molecular formula is C15H16N2O2. The average molecular weight is 256 g/mol. The molecule has 0 aliphatic carbocycles. The molecule has 2 aromatic carbocycles. The lowest BCUT2D eigenvalue weighted by molar-refractivity contribution is 0.562. The number of hydrogen-bond acceptors (Lipinski definition) is 4. The number of hydrogen-bond donors (Lipinski definition) is 2. The molecule has 0 saturated carbocycles. The van der Waals surface area contributed by atoms with Gasteiger partial charge in [-0.3, -0.25) is 0 Å². The Morgan fingerprint density at radius 2 is 1.00 bits per heavy atom. The van der Waals surface area contributed by atoms with Crippen LogP contribution in [0.25, 0.3) is 0 Å². The number of nitrogens with one attached hydrogen (secondary N) is 2. The van der Waals surface area contributed by atoms with E-state index in [-0.39, 0.29) is 1.43 Å². The summed E-state index contributed by atoms with van der Waals surface area (Å²) in [4.78, 5) is 16.7. The molecular weight excluding hydrogens is 240 g/mol. The van der Waals surface area contributed by atoms with Gasteiger partial charge in [-0.2, -0.15) is 0 Å². The van der Waals surface area contributed by atoms with Gasteiger partial charge in [-0.15, -0.1) is 0 Å². The molecule has 4 heteroatoms. The van der Waals surface area contributed by atoms with Crippen molar-refractivity contribution in [1.82, 2.24) is 0 Å². The molecule has 0 saturated heterocycles. The van der Waals surface area contributed by atoms with E-state index in [9.17, 15) is 0 Å². The highest BCUT2D eigenvalue weighted by Crippen LogP contribution is 2.07. The lowest BCUT2D eigenvalue weighted by Gasteiger charge is -2.00. The van der Waals surface area contributed by atoms with Crippen molar-refractivity contribution < 1.29 is 11.0 Å². The summed E-state index contributed by atoms with van der Waals surface area (Å²) in [5.41, 5.74) is 2.74. The van der Waals surface area contributed by atoms with Crippen molar-refractivity contribution in [3.05, 3.63) is 71.8 Å². The summed E-state index contributed by atoms with van der Waals surface area (Å²) in [6, 6.07) is 21.1. The minimum Gasteiger partial charge on any atom is -0.222 e. The van der Waals surface area contributed by atoms with Crippen LogP contribution in [0.2, 0.25) is 0 Å². The van der Waals surface area contributed by atoms with Gasteiger partial charge in [0.05, 0.1) is 0 Å². The van der Waals surface area contributed by atoms with Crippen LogP contribution in [-0.4, -0.2) is 12.2 Å². The number of isocyanates is 2. The molecule has 0 spiro atoms. The largest absolute Gasteiger partial charge is 0.231 e. The molecule has 2 N–H and O–H groups in total. The Bertz CT molecular complexity index is 469. The van der Waals surface area contributed by atoms with E-state index in [4.69, 9.17) is 20.4 Å². The van der Waals surface area contributed by atoms with E-state index < -0.39 is 0 Å². The van der Waals surface area contributed by atoms with Gasteiger partial charge in [-0.05, 0) is 17.5 Å². The van der Waals surface area contributed by atoms with Gasteiger partial charge in [0.2, 0.25) is 12.2 Å². The van der Waals surface area contributed by atoms with E-state index in [1.54, 1.807) is 0 Å². The van der Waals surface area contributed by atoms with Crippen LogP contribution in [0.4, 0.5) is 0 Å². The molecule has 0 radical (unpaired) electrons. The van der Waals surface area contributed by atoms with Crippen molar-refractivity contribution in [3.63, 3.8) is 0 Å². The Morgan fingerprint density at radius 3 is 1.26 bits per heavy atom. The summed E-state index contributed by atoms with van der Waals surface area (Å²) in [7, 11) is 0. The Balaban J connectivity index is 0. The van der Waals surface area contributed by atoms with Crippen LogP contribution >= 0.6 is 0 Å². The second-order valence-corrected chi connectivity index (χ2v) is 3.35. The maximum Gasteiger partial charge on any atom is 0.231 e. The normalized spacial score (nSPS) is 7.58. The monoisotopic (exact) mass is 256 g/mol. The fraction of sp³-hybridized carbons (Fsp3) is 0.0667. The second-order valence-electron chi connectivity index (χ2n) is 3.35. The van der Waals surface area contributed by atoms with Gasteiger partial charge in [0.15, 0.2) is 0 Å². The van der Waals surface area contributed by atoms with Gasteiger partial charge in [0.1, 0.15) is 0 Å². The minimum atomic E-state index is 0. The molecule has 2 aromatic rings. The van der Waals surface area contributed by atoms with Crippen LogP contribution in [-0.2, 0) is 16.0 Å². The Labute approximate surface area is 113 Å². The summed E-state index contributed by atoms with van der Waals surface area (Å²) in [5.74, 6) is 0. The minimum absolute atomic E-state index is 0. The zero-order chi connectivity index (χ0) is 14.3. The van der Waals surface area contributed by atoms with Gasteiger partial charge in [0, 0.05) is 1.43 Å². The number of benzene rings is 2. The molecule has 98 valence electrons. The van der Waals surface area contributed by atoms with Gasteiger partial charge in [0.25, 0.3) is 0 Å². The zero-order valence-electron chi connectivity index (χ0n) is 10.3. The molecule has 0 fully saturated rings. The van der Waals surface area contributed by atoms with Crippen LogP contribution in [0, 0.1) is 10.8 Å². The fourth-order valence-electron chi connectivity index (χ4n) is 1.43. The Kier molecular flexibility index (Phi) is 9.96. The van der Waals surface area contributed by atoms with Gasteiger partial charge >= 0.3 is 0 Å². The summed E-state index contributed by atoms with van der Waals surface area (Å²) in [5, 5.41) is 10.8. The lowest BCUT2D eigenvalue weighted by atomic mass is 10.1. The molecule has 0 aliphatic rings. The van der Waals surface area contributed by atoms with Crippen LogP contribution in [0.15, 0.2) is 60.7 Å². The van der Waals surface area contributed by atoms with E-state index >= 15 is 0 Å². The van der Waals surface area contributed by atoms with Crippen molar-refractivity contribution in [2.75, 3.05) is 0 Å². The topological polar surface area (TPSA) is 81.8 Å². The van der Waals surface area contributed by atoms with E-state index in [2.05, 4.69) is 60.7 Å². The molecule has 0 unspecified atom stereocenters. The Hall–Kier alpha value is -2.80. The molecule has 0 aromatic heterocycles. The standard InChI is InChI=1S/C13H12.2CHNO.H2/c1-3-7-12(8-4-1)11-13-9-5-2-6-10-13;2*2-1-3;/h1-10H,11H2;2*2H;1H. The van der Waals surface area contributed by atoms with E-state index in [0.717, 1.165) is 18.6 Å². The van der Waals surface area contributed by atoms with Crippen LogP contribution in [0.5, 0.6) is 0 Å². The summed E-state index contributed by atoms with van der Waals surface area (Å²) < 4.78 is 0. The highest BCUT2D eigenvalue weighted by atomic mass is 16.1. The first kappa shape index (κ1) is 16.2. The molecule has 0 amide bonds. The Morgan fingerprint density at radius 1 is 0.737 bits per heavy atom. The first-order valence-electron chi connectivity index (χ1n) is 5.44. The first-order chi connectivity index (χ1) is 9.28. The zero-order valence-corrected chi connectivity index (χ0v) is 10.3. The molecule has 0 bridgehead atoms. The third kappa shape index (κ3) is 8.95. The van der Waals surface area contributed by atoms with Gasteiger partial charge in [-0.25, -0.2) is 20.4 Å². The highest BCUT2D eigenvalue weighted by Gasteiger charge is 1.92. The van der Waals surface area contributed by atoms with Gasteiger partial charge < -0.3 is 0 Å². The molecule has 2 rings (SSSR count). The van der Waals surface area contributed by atoms with Crippen LogP contribution in [0.3, 0.4) is 0 Å². The quantitative estimate of drug-likeness (QED) is 0.638. The van der Waals surface area contributed by atoms with Crippen molar-refractivity contribution in [3.8, 4) is 0 Å². The SMILES string of the molecule is N=C=O.N=C=O.[HH].c1ccc(Cc2ccccc2)cc1. The predicted octanol–water partition coefficient (Wildman–Crippen LogP) is 3.33. The van der Waals surface area contributed by atoms with Gasteiger partial charge in [-0.1, -0.05) is 60.7 Å². The molecule has 4 nitrogen and oxygen atoms in total. The highest BCUT2D eigenvalue weighted by molar-refractivity contribution is 5.26. The molecule has 0 heterocycles. The molecule has 0 aliphatic heterocycles. The maximum atomic E-state index is 8.35. The summed E-state index contributed by atoms with van der Waals surface area (Å²) in [6.45, 7) is 0. The fourth-order valence-corrected chi connectivity index (χ4v) is 1.43. The van der Waals surface area contributed by atoms with Crippen molar-refractivity contribution in [1.29, 1.82) is 10.8 Å². The van der Waals surface area contributed by atoms with Crippen LogP contribution < -0.4 is 0 Å². The third-order valence-electron chi connectivity index (χ3n) is 2.09. The van der Waals surface area contributed by atoms with Crippen LogP contribution in [0.1, 0.15) is 12.6 Å². The lowest BCUT2D eigenvalue weighted by Crippen LogP contribution is -1.85. The van der Waals surface area contributed by atoms with E-state index in [1.807, 2.05) is 0 Å². The average Bonchev–Trinajstić information content (AvgIpc) is 2.43. The first-order valence-corrected chi connectivity index (χ1v) is 5.44. The summed E-state index contributed by atoms with van der Waals surface area (Å²) >= 11 is 0. The van der Waals surface area contributed by atoms with E-state index in [0.29, 0.717) is 0 Å². The van der Waals surface area contributed by atoms with Crippen molar-refractivity contribution >= 4 is 12.2 Å².